The molecular weight excluding hydrogens is 504 g/mol. The van der Waals surface area contributed by atoms with Crippen LogP contribution in [0.5, 0.6) is 0 Å². The van der Waals surface area contributed by atoms with Crippen molar-refractivity contribution in [2.45, 2.75) is 33.4 Å². The molecule has 11 heteroatoms. The standard InChI is InChI=1S/C28H33F2N7O2/c1-16(2)32-26(38)18-11-10-17(3)19(14-18)23-20-15-31-28(39)37(24-21(29)8-7-9-22(24)30)25(20)34-27(33-23)36(6)13-12-35(4)5/h7-11,14,16H,12-13,15H2,1-6H3,(H,31,39)(H,32,38). The number of benzene rings is 2. The molecule has 39 heavy (non-hydrogen) atoms. The Labute approximate surface area is 226 Å². The summed E-state index contributed by atoms with van der Waals surface area (Å²) in [6.07, 6.45) is 0. The van der Waals surface area contributed by atoms with Crippen molar-refractivity contribution in [2.24, 2.45) is 0 Å². The molecule has 2 heterocycles. The zero-order chi connectivity index (χ0) is 28.4. The predicted molar refractivity (Wildman–Crippen MR) is 147 cm³/mol. The molecule has 4 rings (SSSR count). The first-order chi connectivity index (χ1) is 18.5. The Balaban J connectivity index is 1.96. The summed E-state index contributed by atoms with van der Waals surface area (Å²) in [6.45, 7) is 6.94. The highest BCUT2D eigenvalue weighted by Crippen LogP contribution is 2.39. The molecular formula is C28H33F2N7O2. The van der Waals surface area contributed by atoms with Crippen molar-refractivity contribution in [3.63, 3.8) is 0 Å². The second-order valence-electron chi connectivity index (χ2n) is 10.1. The number of para-hydroxylation sites is 1. The molecule has 0 bridgehead atoms. The molecule has 9 nitrogen and oxygen atoms in total. The Morgan fingerprint density at radius 1 is 1.10 bits per heavy atom. The van der Waals surface area contributed by atoms with E-state index >= 15 is 0 Å². The van der Waals surface area contributed by atoms with E-state index in [1.165, 1.54) is 6.07 Å². The fourth-order valence-corrected chi connectivity index (χ4v) is 4.27. The fourth-order valence-electron chi connectivity index (χ4n) is 4.27. The maximum Gasteiger partial charge on any atom is 0.328 e. The Morgan fingerprint density at radius 3 is 2.44 bits per heavy atom. The first-order valence-electron chi connectivity index (χ1n) is 12.7. The number of nitrogens with zero attached hydrogens (tertiary/aromatic N) is 5. The van der Waals surface area contributed by atoms with Crippen LogP contribution in [0.25, 0.3) is 11.3 Å². The molecule has 0 aliphatic carbocycles. The van der Waals surface area contributed by atoms with Gasteiger partial charge in [0.25, 0.3) is 5.91 Å². The van der Waals surface area contributed by atoms with Gasteiger partial charge in [0.1, 0.15) is 17.3 Å². The van der Waals surface area contributed by atoms with Crippen LogP contribution in [0.15, 0.2) is 36.4 Å². The van der Waals surface area contributed by atoms with Crippen molar-refractivity contribution >= 4 is 29.4 Å². The largest absolute Gasteiger partial charge is 0.350 e. The number of nitrogens with one attached hydrogen (secondary N) is 2. The molecule has 0 radical (unpaired) electrons. The van der Waals surface area contributed by atoms with Gasteiger partial charge in [-0.3, -0.25) is 4.79 Å². The van der Waals surface area contributed by atoms with E-state index in [0.29, 0.717) is 35.5 Å². The number of aryl methyl sites for hydroxylation is 1. The van der Waals surface area contributed by atoms with Crippen LogP contribution in [0.3, 0.4) is 0 Å². The summed E-state index contributed by atoms with van der Waals surface area (Å²) in [5.41, 5.74) is 2.34. The number of aromatic nitrogens is 2. The molecule has 0 unspecified atom stereocenters. The highest BCUT2D eigenvalue weighted by atomic mass is 19.1. The number of amides is 3. The summed E-state index contributed by atoms with van der Waals surface area (Å²) >= 11 is 0. The van der Waals surface area contributed by atoms with Gasteiger partial charge in [0.05, 0.1) is 12.2 Å². The number of hydrogen-bond donors (Lipinski definition) is 2. The Kier molecular flexibility index (Phi) is 8.10. The number of likely N-dealkylation sites (N-methyl/N-ethyl adjacent to an activating group) is 2. The van der Waals surface area contributed by atoms with E-state index in [1.54, 1.807) is 12.1 Å². The number of fused-ring (bicyclic) bond motifs is 1. The highest BCUT2D eigenvalue weighted by Gasteiger charge is 2.34. The zero-order valence-corrected chi connectivity index (χ0v) is 23.0. The summed E-state index contributed by atoms with van der Waals surface area (Å²) in [6, 6.07) is 7.95. The lowest BCUT2D eigenvalue weighted by Crippen LogP contribution is -2.43. The summed E-state index contributed by atoms with van der Waals surface area (Å²) in [7, 11) is 5.69. The number of rotatable bonds is 8. The van der Waals surface area contributed by atoms with E-state index in [0.717, 1.165) is 22.6 Å². The quantitative estimate of drug-likeness (QED) is 0.447. The Morgan fingerprint density at radius 2 is 1.79 bits per heavy atom. The molecule has 2 N–H and O–H groups in total. The average molecular weight is 538 g/mol. The van der Waals surface area contributed by atoms with Crippen molar-refractivity contribution in [3.05, 3.63) is 64.7 Å². The molecule has 1 aliphatic heterocycles. The maximum atomic E-state index is 14.9. The van der Waals surface area contributed by atoms with Crippen molar-refractivity contribution in [2.75, 3.05) is 44.0 Å². The number of carbonyl (C=O) groups is 2. The van der Waals surface area contributed by atoms with E-state index in [1.807, 2.05) is 57.8 Å². The molecule has 0 fully saturated rings. The highest BCUT2D eigenvalue weighted by molar-refractivity contribution is 6.02. The topological polar surface area (TPSA) is 93.7 Å². The molecule has 3 amide bonds. The van der Waals surface area contributed by atoms with Gasteiger partial charge in [0.15, 0.2) is 5.82 Å². The van der Waals surface area contributed by atoms with Crippen molar-refractivity contribution in [1.82, 2.24) is 25.5 Å². The molecule has 0 saturated heterocycles. The van der Waals surface area contributed by atoms with E-state index in [4.69, 9.17) is 4.98 Å². The number of halogens is 2. The summed E-state index contributed by atoms with van der Waals surface area (Å²) in [4.78, 5) is 40.1. The SMILES string of the molecule is Cc1ccc(C(=O)NC(C)C)cc1-c1nc(N(C)CCN(C)C)nc2c1CNC(=O)N2c1c(F)cccc1F. The summed E-state index contributed by atoms with van der Waals surface area (Å²) < 4.78 is 29.9. The van der Waals surface area contributed by atoms with Crippen LogP contribution in [-0.4, -0.2) is 67.1 Å². The lowest BCUT2D eigenvalue weighted by molar-refractivity contribution is 0.0943. The number of hydrogen-bond acceptors (Lipinski definition) is 6. The normalized spacial score (nSPS) is 13.0. The van der Waals surface area contributed by atoms with Crippen molar-refractivity contribution < 1.29 is 18.4 Å². The van der Waals surface area contributed by atoms with Crippen molar-refractivity contribution in [3.8, 4) is 11.3 Å². The second-order valence-corrected chi connectivity index (χ2v) is 10.1. The molecule has 1 aromatic heterocycles. The Hall–Kier alpha value is -4.12. The van der Waals surface area contributed by atoms with Gasteiger partial charge < -0.3 is 20.4 Å². The van der Waals surface area contributed by atoms with Crippen LogP contribution >= 0.6 is 0 Å². The molecule has 3 aromatic rings. The molecule has 1 aliphatic rings. The Bertz CT molecular complexity index is 1390. The number of anilines is 3. The predicted octanol–water partition coefficient (Wildman–Crippen LogP) is 4.23. The zero-order valence-electron chi connectivity index (χ0n) is 23.0. The van der Waals surface area contributed by atoms with Crippen LogP contribution in [0.1, 0.15) is 35.3 Å². The number of urea groups is 1. The van der Waals surface area contributed by atoms with Crippen LogP contribution in [0.2, 0.25) is 0 Å². The minimum atomic E-state index is -0.899. The van der Waals surface area contributed by atoms with Gasteiger partial charge in [-0.25, -0.2) is 23.5 Å². The first kappa shape index (κ1) is 27.9. The fraction of sp³-hybridized carbons (Fsp3) is 0.357. The monoisotopic (exact) mass is 537 g/mol. The molecule has 0 spiro atoms. The van der Waals surface area contributed by atoms with Gasteiger partial charge in [0, 0.05) is 42.9 Å². The first-order valence-corrected chi connectivity index (χ1v) is 12.7. The third-order valence-electron chi connectivity index (χ3n) is 6.36. The summed E-state index contributed by atoms with van der Waals surface area (Å²) in [5, 5.41) is 5.59. The van der Waals surface area contributed by atoms with Gasteiger partial charge in [-0.1, -0.05) is 12.1 Å². The minimum Gasteiger partial charge on any atom is -0.350 e. The molecule has 206 valence electrons. The van der Waals surface area contributed by atoms with Gasteiger partial charge in [0.2, 0.25) is 5.95 Å². The van der Waals surface area contributed by atoms with E-state index < -0.39 is 23.4 Å². The third-order valence-corrected chi connectivity index (χ3v) is 6.36. The summed E-state index contributed by atoms with van der Waals surface area (Å²) in [5.74, 6) is -1.68. The van der Waals surface area contributed by atoms with E-state index in [9.17, 15) is 18.4 Å². The second kappa shape index (κ2) is 11.3. The van der Waals surface area contributed by atoms with Gasteiger partial charge in [-0.2, -0.15) is 4.98 Å². The smallest absolute Gasteiger partial charge is 0.328 e. The average Bonchev–Trinajstić information content (AvgIpc) is 2.87. The van der Waals surface area contributed by atoms with E-state index in [2.05, 4.69) is 15.6 Å². The van der Waals surface area contributed by atoms with Crippen LogP contribution in [0, 0.1) is 18.6 Å². The van der Waals surface area contributed by atoms with Gasteiger partial charge in [-0.15, -0.1) is 0 Å². The van der Waals surface area contributed by atoms with Crippen molar-refractivity contribution in [1.29, 1.82) is 0 Å². The molecule has 2 aromatic carbocycles. The van der Waals surface area contributed by atoms with Crippen LogP contribution < -0.4 is 20.4 Å². The van der Waals surface area contributed by atoms with Crippen LogP contribution in [0.4, 0.5) is 31.0 Å². The third kappa shape index (κ3) is 5.83. The lowest BCUT2D eigenvalue weighted by atomic mass is 9.97. The van der Waals surface area contributed by atoms with Crippen LogP contribution in [-0.2, 0) is 6.54 Å². The molecule has 0 saturated carbocycles. The van der Waals surface area contributed by atoms with Gasteiger partial charge in [-0.05, 0) is 64.7 Å². The minimum absolute atomic E-state index is 0.0413. The number of carbonyl (C=O) groups excluding carboxylic acids is 2. The molecule has 0 atom stereocenters. The van der Waals surface area contributed by atoms with E-state index in [-0.39, 0.29) is 30.3 Å². The maximum absolute atomic E-state index is 14.9. The lowest BCUT2D eigenvalue weighted by Gasteiger charge is -2.32. The van der Waals surface area contributed by atoms with Gasteiger partial charge >= 0.3 is 6.03 Å².